The Hall–Kier alpha value is -3.67. The summed E-state index contributed by atoms with van der Waals surface area (Å²) in [6.45, 7) is 7.42. The summed E-state index contributed by atoms with van der Waals surface area (Å²) in [4.78, 5) is 54.8. The molecule has 0 saturated heterocycles. The minimum Gasteiger partial charge on any atom is -0.480 e. The largest absolute Gasteiger partial charge is 0.480 e. The quantitative estimate of drug-likeness (QED) is 0.0859. The Kier molecular flexibility index (Phi) is 13.8. The van der Waals surface area contributed by atoms with Crippen LogP contribution < -0.4 is 33.2 Å². The number of benzene rings is 1. The first-order valence-electron chi connectivity index (χ1n) is 12.8. The molecule has 1 rings (SSSR count). The molecule has 0 aromatic heterocycles. The van der Waals surface area contributed by atoms with Crippen LogP contribution in [0.5, 0.6) is 0 Å². The van der Waals surface area contributed by atoms with Crippen molar-refractivity contribution in [3.8, 4) is 0 Å². The van der Waals surface area contributed by atoms with E-state index in [1.165, 1.54) is 0 Å². The van der Waals surface area contributed by atoms with Crippen molar-refractivity contribution in [2.24, 2.45) is 34.0 Å². The molecule has 4 atom stereocenters. The monoisotopic (exact) mass is 533 g/mol. The summed E-state index contributed by atoms with van der Waals surface area (Å²) >= 11 is 0. The van der Waals surface area contributed by atoms with Gasteiger partial charge < -0.3 is 38.3 Å². The summed E-state index contributed by atoms with van der Waals surface area (Å²) < 4.78 is 0. The summed E-state index contributed by atoms with van der Waals surface area (Å²) in [5.74, 6) is -3.24. The van der Waals surface area contributed by atoms with E-state index < -0.39 is 47.9 Å². The molecule has 38 heavy (non-hydrogen) atoms. The van der Waals surface area contributed by atoms with Gasteiger partial charge in [0, 0.05) is 13.0 Å². The second-order valence-corrected chi connectivity index (χ2v) is 10.1. The summed E-state index contributed by atoms with van der Waals surface area (Å²) in [7, 11) is 0. The van der Waals surface area contributed by atoms with Gasteiger partial charge in [0.15, 0.2) is 5.96 Å². The predicted molar refractivity (Wildman–Crippen MR) is 146 cm³/mol. The van der Waals surface area contributed by atoms with Gasteiger partial charge in [0.25, 0.3) is 0 Å². The number of nitrogens with one attached hydrogen (secondary N) is 3. The van der Waals surface area contributed by atoms with E-state index in [1.54, 1.807) is 13.8 Å². The Labute approximate surface area is 224 Å². The highest BCUT2D eigenvalue weighted by Gasteiger charge is 2.31. The Bertz CT molecular complexity index is 949. The first-order chi connectivity index (χ1) is 17.8. The lowest BCUT2D eigenvalue weighted by Crippen LogP contribution is -2.58. The molecule has 0 spiro atoms. The van der Waals surface area contributed by atoms with Crippen LogP contribution in [0.4, 0.5) is 0 Å². The van der Waals surface area contributed by atoms with Crippen LogP contribution in [0, 0.1) is 11.8 Å². The van der Waals surface area contributed by atoms with Gasteiger partial charge in [-0.25, -0.2) is 4.79 Å². The number of rotatable bonds is 16. The highest BCUT2D eigenvalue weighted by molar-refractivity contribution is 5.94. The summed E-state index contributed by atoms with van der Waals surface area (Å²) in [6.07, 6.45) is 1.08. The molecule has 12 heteroatoms. The molecule has 0 saturated carbocycles. The molecule has 1 aromatic carbocycles. The number of carboxylic acid groups (broad SMARTS) is 1. The van der Waals surface area contributed by atoms with E-state index in [0.717, 1.165) is 5.56 Å². The molecule has 4 unspecified atom stereocenters. The maximum Gasteiger partial charge on any atom is 0.326 e. The van der Waals surface area contributed by atoms with Crippen molar-refractivity contribution in [1.82, 2.24) is 16.0 Å². The number of carbonyl (C=O) groups is 4. The molecule has 0 aliphatic heterocycles. The van der Waals surface area contributed by atoms with Crippen LogP contribution in [-0.2, 0) is 25.6 Å². The molecule has 12 nitrogen and oxygen atoms in total. The van der Waals surface area contributed by atoms with Crippen LogP contribution in [-0.4, -0.2) is 65.5 Å². The number of carboxylic acids is 1. The van der Waals surface area contributed by atoms with Gasteiger partial charge in [0.1, 0.15) is 18.1 Å². The number of amides is 3. The lowest BCUT2D eigenvalue weighted by Gasteiger charge is -2.26. The fraction of sp³-hybridized carbons (Fsp3) is 0.577. The Balaban J connectivity index is 3.14. The molecule has 0 aliphatic carbocycles. The van der Waals surface area contributed by atoms with E-state index in [0.29, 0.717) is 12.8 Å². The van der Waals surface area contributed by atoms with Crippen molar-refractivity contribution in [3.05, 3.63) is 35.9 Å². The van der Waals surface area contributed by atoms with Crippen LogP contribution in [0.15, 0.2) is 35.3 Å². The number of guanidine groups is 1. The average molecular weight is 534 g/mol. The minimum atomic E-state index is -1.19. The average Bonchev–Trinajstić information content (AvgIpc) is 2.83. The molecule has 212 valence electrons. The zero-order valence-corrected chi connectivity index (χ0v) is 22.6. The normalized spacial score (nSPS) is 14.2. The number of aliphatic imine (C=N–C) groups is 1. The first kappa shape index (κ1) is 32.4. The SMILES string of the molecule is CC(C)CC(N)C(=O)NC(Cc1ccccc1)C(=O)NC(CCCN=C(N)N)C(=O)NC(C(=O)O)C(C)C. The Morgan fingerprint density at radius 2 is 1.47 bits per heavy atom. The molecule has 10 N–H and O–H groups in total. The topological polar surface area (TPSA) is 215 Å². The number of hydrogen-bond acceptors (Lipinski definition) is 6. The summed E-state index contributed by atoms with van der Waals surface area (Å²) in [5, 5.41) is 17.4. The molecule has 3 amide bonds. The number of hydrogen-bond donors (Lipinski definition) is 7. The van der Waals surface area contributed by atoms with Gasteiger partial charge >= 0.3 is 5.97 Å². The fourth-order valence-electron chi connectivity index (χ4n) is 3.76. The second-order valence-electron chi connectivity index (χ2n) is 10.1. The van der Waals surface area contributed by atoms with E-state index in [-0.39, 0.29) is 37.2 Å². The van der Waals surface area contributed by atoms with Crippen molar-refractivity contribution in [2.75, 3.05) is 6.54 Å². The molecule has 0 radical (unpaired) electrons. The fourth-order valence-corrected chi connectivity index (χ4v) is 3.76. The van der Waals surface area contributed by atoms with Gasteiger partial charge in [0.2, 0.25) is 17.7 Å². The maximum atomic E-state index is 13.4. The number of carbonyl (C=O) groups excluding carboxylic acids is 3. The summed E-state index contributed by atoms with van der Waals surface area (Å²) in [6, 6.07) is 5.05. The van der Waals surface area contributed by atoms with Crippen molar-refractivity contribution < 1.29 is 24.3 Å². The molecule has 0 fully saturated rings. The maximum absolute atomic E-state index is 13.4. The van der Waals surface area contributed by atoms with Crippen molar-refractivity contribution in [3.63, 3.8) is 0 Å². The third-order valence-corrected chi connectivity index (χ3v) is 5.79. The van der Waals surface area contributed by atoms with Crippen molar-refractivity contribution in [1.29, 1.82) is 0 Å². The van der Waals surface area contributed by atoms with Crippen LogP contribution >= 0.6 is 0 Å². The highest BCUT2D eigenvalue weighted by atomic mass is 16.4. The number of nitrogens with zero attached hydrogens (tertiary/aromatic N) is 1. The van der Waals surface area contributed by atoms with Crippen LogP contribution in [0.2, 0.25) is 0 Å². The van der Waals surface area contributed by atoms with Gasteiger partial charge in [-0.1, -0.05) is 58.0 Å². The Morgan fingerprint density at radius 1 is 0.895 bits per heavy atom. The highest BCUT2D eigenvalue weighted by Crippen LogP contribution is 2.09. The molecular weight excluding hydrogens is 490 g/mol. The second kappa shape index (κ2) is 16.2. The lowest BCUT2D eigenvalue weighted by atomic mass is 10.0. The standard InChI is InChI=1S/C26H43N7O5/c1-15(2)13-18(27)22(34)32-20(14-17-9-6-5-7-10-17)24(36)31-19(11-8-12-30-26(28)29)23(35)33-21(16(3)4)25(37)38/h5-7,9-10,15-16,18-21H,8,11-14,27H2,1-4H3,(H,31,36)(H,32,34)(H,33,35)(H,37,38)(H4,28,29,30). The van der Waals surface area contributed by atoms with Crippen LogP contribution in [0.25, 0.3) is 0 Å². The molecule has 1 aromatic rings. The van der Waals surface area contributed by atoms with Crippen molar-refractivity contribution >= 4 is 29.7 Å². The minimum absolute atomic E-state index is 0.107. The zero-order valence-electron chi connectivity index (χ0n) is 22.6. The molecule has 0 bridgehead atoms. The van der Waals surface area contributed by atoms with E-state index >= 15 is 0 Å². The first-order valence-corrected chi connectivity index (χ1v) is 12.8. The van der Waals surface area contributed by atoms with Gasteiger partial charge in [0.05, 0.1) is 6.04 Å². The Morgan fingerprint density at radius 3 is 2.00 bits per heavy atom. The molecule has 0 aliphatic rings. The van der Waals surface area contributed by atoms with E-state index in [4.69, 9.17) is 17.2 Å². The van der Waals surface area contributed by atoms with Crippen molar-refractivity contribution in [2.45, 2.75) is 77.5 Å². The lowest BCUT2D eigenvalue weighted by molar-refractivity contribution is -0.143. The smallest absolute Gasteiger partial charge is 0.326 e. The van der Waals surface area contributed by atoms with Gasteiger partial charge in [-0.3, -0.25) is 19.4 Å². The molecular formula is C26H43N7O5. The number of aliphatic carboxylic acids is 1. The van der Waals surface area contributed by atoms with Crippen LogP contribution in [0.3, 0.4) is 0 Å². The zero-order chi connectivity index (χ0) is 28.8. The summed E-state index contributed by atoms with van der Waals surface area (Å²) in [5.41, 5.74) is 17.5. The van der Waals surface area contributed by atoms with E-state index in [9.17, 15) is 24.3 Å². The molecule has 0 heterocycles. The third kappa shape index (κ3) is 12.0. The van der Waals surface area contributed by atoms with E-state index in [1.807, 2.05) is 44.2 Å². The van der Waals surface area contributed by atoms with Crippen LogP contribution in [0.1, 0.15) is 52.5 Å². The van der Waals surface area contributed by atoms with E-state index in [2.05, 4.69) is 20.9 Å². The predicted octanol–water partition coefficient (Wildman–Crippen LogP) is -0.149. The van der Waals surface area contributed by atoms with Gasteiger partial charge in [-0.2, -0.15) is 0 Å². The van der Waals surface area contributed by atoms with Gasteiger partial charge in [-0.05, 0) is 36.7 Å². The number of nitrogens with two attached hydrogens (primary N) is 3. The van der Waals surface area contributed by atoms with Gasteiger partial charge in [-0.15, -0.1) is 0 Å². The third-order valence-electron chi connectivity index (χ3n) is 5.79.